The SMILES string of the molecule is CCOc1ccc(C[NH+](C)CC(=O)Nc2sc3c(c2C#N)CC[C@H](C)C3)cc1OC. The van der Waals surface area contributed by atoms with Crippen LogP contribution in [0.5, 0.6) is 11.5 Å². The Bertz CT molecular complexity index is 948. The predicted molar refractivity (Wildman–Crippen MR) is 118 cm³/mol. The standard InChI is InChI=1S/C23H29N3O3S/c1-5-29-19-9-7-16(11-20(19)28-4)13-26(3)14-22(27)25-23-18(12-24)17-8-6-15(2)10-21(17)30-23/h7,9,11,15H,5-6,8,10,13-14H2,1-4H3,(H,25,27)/p+1/t15-/m0/s1. The molecule has 2 N–H and O–H groups in total. The summed E-state index contributed by atoms with van der Waals surface area (Å²) >= 11 is 1.57. The molecule has 2 atom stereocenters. The number of hydrogen-bond donors (Lipinski definition) is 2. The van der Waals surface area contributed by atoms with Crippen LogP contribution in [0.3, 0.4) is 0 Å². The Hall–Kier alpha value is -2.56. The number of ether oxygens (including phenoxy) is 2. The second-order valence-corrected chi connectivity index (χ2v) is 9.05. The van der Waals surface area contributed by atoms with Gasteiger partial charge in [0.15, 0.2) is 18.0 Å². The number of thiophene rings is 1. The lowest BCUT2D eigenvalue weighted by Crippen LogP contribution is -3.08. The number of fused-ring (bicyclic) bond motifs is 1. The van der Waals surface area contributed by atoms with Crippen LogP contribution in [0, 0.1) is 17.2 Å². The number of hydrogen-bond acceptors (Lipinski definition) is 5. The fourth-order valence-electron chi connectivity index (χ4n) is 3.91. The van der Waals surface area contributed by atoms with Gasteiger partial charge in [0.05, 0.1) is 26.3 Å². The zero-order valence-corrected chi connectivity index (χ0v) is 18.9. The first kappa shape index (κ1) is 22.1. The molecule has 1 aromatic carbocycles. The first-order valence-electron chi connectivity index (χ1n) is 10.4. The van der Waals surface area contributed by atoms with Crippen LogP contribution in [-0.4, -0.2) is 33.2 Å². The average Bonchev–Trinajstić information content (AvgIpc) is 3.04. The molecule has 0 bridgehead atoms. The van der Waals surface area contributed by atoms with E-state index in [1.54, 1.807) is 18.4 Å². The lowest BCUT2D eigenvalue weighted by molar-refractivity contribution is -0.885. The number of likely N-dealkylation sites (N-methyl/N-ethyl adjacent to an activating group) is 1. The van der Waals surface area contributed by atoms with Crippen molar-refractivity contribution in [1.29, 1.82) is 5.26 Å². The fourth-order valence-corrected chi connectivity index (χ4v) is 5.29. The molecule has 1 aliphatic carbocycles. The number of anilines is 1. The number of carbonyl (C=O) groups is 1. The van der Waals surface area contributed by atoms with E-state index >= 15 is 0 Å². The fraction of sp³-hybridized carbons (Fsp3) is 0.478. The Morgan fingerprint density at radius 1 is 1.40 bits per heavy atom. The zero-order valence-electron chi connectivity index (χ0n) is 18.1. The number of quaternary nitrogens is 1. The van der Waals surface area contributed by atoms with Crippen LogP contribution in [0.4, 0.5) is 5.00 Å². The maximum atomic E-state index is 12.6. The van der Waals surface area contributed by atoms with E-state index < -0.39 is 0 Å². The van der Waals surface area contributed by atoms with Crippen LogP contribution in [-0.2, 0) is 24.2 Å². The summed E-state index contributed by atoms with van der Waals surface area (Å²) in [5.41, 5.74) is 2.86. The molecule has 0 saturated heterocycles. The summed E-state index contributed by atoms with van der Waals surface area (Å²) in [4.78, 5) is 14.9. The molecule has 3 rings (SSSR count). The van der Waals surface area contributed by atoms with E-state index in [0.717, 1.165) is 41.0 Å². The number of nitriles is 1. The van der Waals surface area contributed by atoms with Gasteiger partial charge in [-0.1, -0.05) is 6.92 Å². The Balaban J connectivity index is 1.62. The summed E-state index contributed by atoms with van der Waals surface area (Å²) in [5.74, 6) is 1.98. The number of nitrogens with one attached hydrogen (secondary N) is 2. The van der Waals surface area contributed by atoms with Crippen LogP contribution in [0.1, 0.15) is 41.8 Å². The van der Waals surface area contributed by atoms with Crippen molar-refractivity contribution in [2.24, 2.45) is 5.92 Å². The van der Waals surface area contributed by atoms with Gasteiger partial charge in [0.1, 0.15) is 17.6 Å². The Kier molecular flexibility index (Phi) is 7.35. The lowest BCUT2D eigenvalue weighted by Gasteiger charge is -2.17. The van der Waals surface area contributed by atoms with Crippen LogP contribution >= 0.6 is 11.3 Å². The van der Waals surface area contributed by atoms with Crippen molar-refractivity contribution < 1.29 is 19.2 Å². The summed E-state index contributed by atoms with van der Waals surface area (Å²) < 4.78 is 11.0. The van der Waals surface area contributed by atoms with Crippen molar-refractivity contribution in [3.8, 4) is 17.6 Å². The van der Waals surface area contributed by atoms with Crippen LogP contribution in [0.15, 0.2) is 18.2 Å². The molecule has 1 unspecified atom stereocenters. The Labute approximate surface area is 182 Å². The molecule has 30 heavy (non-hydrogen) atoms. The molecule has 0 aliphatic heterocycles. The predicted octanol–water partition coefficient (Wildman–Crippen LogP) is 2.81. The highest BCUT2D eigenvalue weighted by Crippen LogP contribution is 2.39. The van der Waals surface area contributed by atoms with Gasteiger partial charge in [0.2, 0.25) is 0 Å². The minimum atomic E-state index is -0.0754. The first-order valence-corrected chi connectivity index (χ1v) is 11.2. The number of carbonyl (C=O) groups excluding carboxylic acids is 1. The van der Waals surface area contributed by atoms with Crippen molar-refractivity contribution >= 4 is 22.2 Å². The summed E-state index contributed by atoms with van der Waals surface area (Å²) in [6.45, 7) is 5.75. The maximum Gasteiger partial charge on any atom is 0.280 e. The van der Waals surface area contributed by atoms with E-state index in [1.165, 1.54) is 4.88 Å². The van der Waals surface area contributed by atoms with Crippen LogP contribution in [0.25, 0.3) is 0 Å². The zero-order chi connectivity index (χ0) is 21.7. The summed E-state index contributed by atoms with van der Waals surface area (Å²) in [7, 11) is 3.61. The molecule has 1 amide bonds. The molecule has 160 valence electrons. The second kappa shape index (κ2) is 9.96. The molecule has 0 saturated carbocycles. The lowest BCUT2D eigenvalue weighted by atomic mass is 9.89. The van der Waals surface area contributed by atoms with Crippen molar-refractivity contribution in [2.45, 2.75) is 39.7 Å². The minimum absolute atomic E-state index is 0.0754. The third-order valence-corrected chi connectivity index (χ3v) is 6.54. The van der Waals surface area contributed by atoms with Gasteiger partial charge in [-0.3, -0.25) is 4.79 Å². The van der Waals surface area contributed by atoms with Crippen molar-refractivity contribution in [3.05, 3.63) is 39.8 Å². The van der Waals surface area contributed by atoms with E-state index in [2.05, 4.69) is 18.3 Å². The van der Waals surface area contributed by atoms with Gasteiger partial charge >= 0.3 is 0 Å². The summed E-state index contributed by atoms with van der Waals surface area (Å²) in [6.07, 6.45) is 3.02. The smallest absolute Gasteiger partial charge is 0.280 e. The topological polar surface area (TPSA) is 75.8 Å². The molecule has 1 heterocycles. The van der Waals surface area contributed by atoms with E-state index in [1.807, 2.05) is 32.2 Å². The van der Waals surface area contributed by atoms with E-state index in [-0.39, 0.29) is 5.91 Å². The minimum Gasteiger partial charge on any atom is -0.493 e. The molecule has 0 radical (unpaired) electrons. The monoisotopic (exact) mass is 428 g/mol. The maximum absolute atomic E-state index is 12.6. The molecule has 0 spiro atoms. The Morgan fingerprint density at radius 2 is 2.20 bits per heavy atom. The van der Waals surface area contributed by atoms with E-state index in [9.17, 15) is 10.1 Å². The number of methoxy groups -OCH3 is 1. The third kappa shape index (κ3) is 5.13. The number of nitrogens with zero attached hydrogens (tertiary/aromatic N) is 1. The number of benzene rings is 1. The van der Waals surface area contributed by atoms with Crippen molar-refractivity contribution in [3.63, 3.8) is 0 Å². The van der Waals surface area contributed by atoms with Crippen LogP contribution < -0.4 is 19.7 Å². The Morgan fingerprint density at radius 3 is 2.90 bits per heavy atom. The average molecular weight is 429 g/mol. The summed E-state index contributed by atoms with van der Waals surface area (Å²) in [5, 5.41) is 13.3. The van der Waals surface area contributed by atoms with E-state index in [0.29, 0.717) is 41.9 Å². The van der Waals surface area contributed by atoms with Gasteiger partial charge < -0.3 is 19.7 Å². The summed E-state index contributed by atoms with van der Waals surface area (Å²) in [6, 6.07) is 8.16. The molecule has 6 nitrogen and oxygen atoms in total. The molecule has 1 aliphatic rings. The molecule has 7 heteroatoms. The highest BCUT2D eigenvalue weighted by Gasteiger charge is 2.25. The molecular formula is C23H30N3O3S+. The van der Waals surface area contributed by atoms with Gasteiger partial charge in [-0.05, 0) is 55.9 Å². The highest BCUT2D eigenvalue weighted by atomic mass is 32.1. The van der Waals surface area contributed by atoms with Gasteiger partial charge in [0, 0.05) is 10.4 Å². The molecule has 2 aromatic rings. The third-order valence-electron chi connectivity index (χ3n) is 5.37. The van der Waals surface area contributed by atoms with Gasteiger partial charge in [-0.2, -0.15) is 5.26 Å². The number of amides is 1. The van der Waals surface area contributed by atoms with Crippen LogP contribution in [0.2, 0.25) is 0 Å². The quantitative estimate of drug-likeness (QED) is 0.678. The normalized spacial score (nSPS) is 16.3. The first-order chi connectivity index (χ1) is 14.4. The van der Waals surface area contributed by atoms with Gasteiger partial charge in [-0.25, -0.2) is 0 Å². The van der Waals surface area contributed by atoms with Crippen molar-refractivity contribution in [2.75, 3.05) is 32.6 Å². The largest absolute Gasteiger partial charge is 0.493 e. The second-order valence-electron chi connectivity index (χ2n) is 7.94. The van der Waals surface area contributed by atoms with Gasteiger partial charge in [-0.15, -0.1) is 11.3 Å². The highest BCUT2D eigenvalue weighted by molar-refractivity contribution is 7.16. The van der Waals surface area contributed by atoms with Gasteiger partial charge in [0.25, 0.3) is 5.91 Å². The van der Waals surface area contributed by atoms with Crippen molar-refractivity contribution in [1.82, 2.24) is 0 Å². The number of rotatable bonds is 8. The van der Waals surface area contributed by atoms with E-state index in [4.69, 9.17) is 9.47 Å². The molecule has 0 fully saturated rings. The molecular weight excluding hydrogens is 398 g/mol. The molecule has 1 aromatic heterocycles.